The summed E-state index contributed by atoms with van der Waals surface area (Å²) in [6, 6.07) is 9.99. The maximum Gasteiger partial charge on any atom is 0.247 e. The van der Waals surface area contributed by atoms with Crippen LogP contribution >= 0.6 is 0 Å². The normalized spacial score (nSPS) is 28.0. The van der Waals surface area contributed by atoms with Crippen molar-refractivity contribution in [2.75, 3.05) is 32.7 Å². The van der Waals surface area contributed by atoms with E-state index < -0.39 is 0 Å². The molecule has 5 nitrogen and oxygen atoms in total. The minimum Gasteiger partial charge on any atom is -0.329 e. The van der Waals surface area contributed by atoms with Crippen molar-refractivity contribution in [1.29, 1.82) is 0 Å². The predicted octanol–water partition coefficient (Wildman–Crippen LogP) is 0.746. The largest absolute Gasteiger partial charge is 0.329 e. The first kappa shape index (κ1) is 14.7. The topological polar surface area (TPSA) is 43.9 Å². The summed E-state index contributed by atoms with van der Waals surface area (Å²) >= 11 is 0. The summed E-state index contributed by atoms with van der Waals surface area (Å²) < 4.78 is 0. The molecule has 0 radical (unpaired) electrons. The molecule has 5 heteroatoms. The third-order valence-corrected chi connectivity index (χ3v) is 5.41. The molecule has 2 amide bonds. The molecule has 3 aliphatic rings. The number of amides is 2. The maximum atomic E-state index is 12.7. The zero-order valence-corrected chi connectivity index (χ0v) is 13.4. The van der Waals surface area contributed by atoms with Gasteiger partial charge < -0.3 is 9.80 Å². The summed E-state index contributed by atoms with van der Waals surface area (Å²) in [5, 5.41) is 0. The van der Waals surface area contributed by atoms with Gasteiger partial charge in [-0.2, -0.15) is 0 Å². The highest BCUT2D eigenvalue weighted by Gasteiger charge is 2.49. The number of piperazine rings is 2. The lowest BCUT2D eigenvalue weighted by molar-refractivity contribution is -0.163. The van der Waals surface area contributed by atoms with Gasteiger partial charge in [-0.25, -0.2) is 0 Å². The molecule has 0 aromatic heterocycles. The van der Waals surface area contributed by atoms with Crippen LogP contribution in [0, 0.1) is 0 Å². The van der Waals surface area contributed by atoms with Gasteiger partial charge in [-0.3, -0.25) is 14.5 Å². The first-order valence-electron chi connectivity index (χ1n) is 8.61. The van der Waals surface area contributed by atoms with Crippen LogP contribution in [0.1, 0.15) is 18.4 Å². The van der Waals surface area contributed by atoms with Gasteiger partial charge in [0.1, 0.15) is 12.1 Å². The molecule has 3 saturated heterocycles. The van der Waals surface area contributed by atoms with Crippen LogP contribution in [0.2, 0.25) is 0 Å². The van der Waals surface area contributed by atoms with Crippen LogP contribution in [0.25, 0.3) is 0 Å². The lowest BCUT2D eigenvalue weighted by Gasteiger charge is -2.47. The second kappa shape index (κ2) is 5.96. The van der Waals surface area contributed by atoms with Gasteiger partial charge in [0.2, 0.25) is 11.8 Å². The summed E-state index contributed by atoms with van der Waals surface area (Å²) in [6.45, 7) is 3.94. The SMILES string of the molecule is O=C1[C@H]2CN(CCc3ccccc3)CCN2C(=O)[C@H]2CCCN12. The average Bonchev–Trinajstić information content (AvgIpc) is 3.09. The van der Waals surface area contributed by atoms with Crippen LogP contribution in [0.5, 0.6) is 0 Å². The second-order valence-corrected chi connectivity index (χ2v) is 6.77. The van der Waals surface area contributed by atoms with Crippen molar-refractivity contribution >= 4 is 11.8 Å². The molecule has 0 spiro atoms. The van der Waals surface area contributed by atoms with Crippen molar-refractivity contribution in [3.05, 3.63) is 35.9 Å². The Morgan fingerprint density at radius 3 is 2.48 bits per heavy atom. The molecule has 3 heterocycles. The molecule has 0 aliphatic carbocycles. The summed E-state index contributed by atoms with van der Waals surface area (Å²) in [6.07, 6.45) is 2.79. The smallest absolute Gasteiger partial charge is 0.247 e. The van der Waals surface area contributed by atoms with Gasteiger partial charge in [-0.15, -0.1) is 0 Å². The van der Waals surface area contributed by atoms with Crippen molar-refractivity contribution in [2.24, 2.45) is 0 Å². The van der Waals surface area contributed by atoms with Gasteiger partial charge in [0.15, 0.2) is 0 Å². The lowest BCUT2D eigenvalue weighted by atomic mass is 10.0. The number of benzene rings is 1. The molecule has 1 aromatic rings. The second-order valence-electron chi connectivity index (χ2n) is 6.77. The molecule has 2 atom stereocenters. The van der Waals surface area contributed by atoms with Crippen LogP contribution in [0.15, 0.2) is 30.3 Å². The molecule has 23 heavy (non-hydrogen) atoms. The van der Waals surface area contributed by atoms with E-state index in [1.807, 2.05) is 15.9 Å². The van der Waals surface area contributed by atoms with E-state index in [-0.39, 0.29) is 23.9 Å². The van der Waals surface area contributed by atoms with Gasteiger partial charge in [0, 0.05) is 32.7 Å². The highest BCUT2D eigenvalue weighted by atomic mass is 16.2. The Balaban J connectivity index is 1.42. The molecule has 3 fully saturated rings. The van der Waals surface area contributed by atoms with E-state index in [0.717, 1.165) is 38.9 Å². The Morgan fingerprint density at radius 1 is 0.913 bits per heavy atom. The Kier molecular flexibility index (Phi) is 3.81. The molecular formula is C18H23N3O2. The lowest BCUT2D eigenvalue weighted by Crippen LogP contribution is -2.68. The fourth-order valence-electron chi connectivity index (χ4n) is 4.12. The summed E-state index contributed by atoms with van der Waals surface area (Å²) in [5.74, 6) is 0.339. The third-order valence-electron chi connectivity index (χ3n) is 5.41. The van der Waals surface area contributed by atoms with E-state index in [2.05, 4.69) is 29.2 Å². The van der Waals surface area contributed by atoms with Gasteiger partial charge in [-0.1, -0.05) is 30.3 Å². The Hall–Kier alpha value is -1.88. The standard InChI is InChI=1S/C18H23N3O2/c22-17-15-7-4-9-20(15)18(23)16-13-19(11-12-21(16)17)10-8-14-5-2-1-3-6-14/h1-3,5-6,15-16H,4,7-13H2/t15-,16-/m1/s1. The van der Waals surface area contributed by atoms with Crippen LogP contribution in [0.4, 0.5) is 0 Å². The highest BCUT2D eigenvalue weighted by molar-refractivity contribution is 5.97. The fraction of sp³-hybridized carbons (Fsp3) is 0.556. The van der Waals surface area contributed by atoms with Crippen LogP contribution in [-0.2, 0) is 16.0 Å². The number of carbonyl (C=O) groups is 2. The van der Waals surface area contributed by atoms with E-state index in [9.17, 15) is 9.59 Å². The van der Waals surface area contributed by atoms with Gasteiger partial charge in [0.05, 0.1) is 0 Å². The van der Waals surface area contributed by atoms with Crippen molar-refractivity contribution in [2.45, 2.75) is 31.3 Å². The molecule has 122 valence electrons. The fourth-order valence-corrected chi connectivity index (χ4v) is 4.12. The Labute approximate surface area is 136 Å². The summed E-state index contributed by atoms with van der Waals surface area (Å²) in [5.41, 5.74) is 1.32. The Bertz CT molecular complexity index is 604. The molecule has 4 rings (SSSR count). The molecule has 1 aromatic carbocycles. The number of carbonyl (C=O) groups excluding carboxylic acids is 2. The molecule has 0 N–H and O–H groups in total. The molecule has 0 saturated carbocycles. The monoisotopic (exact) mass is 313 g/mol. The van der Waals surface area contributed by atoms with E-state index in [1.165, 1.54) is 5.56 Å². The van der Waals surface area contributed by atoms with Crippen LogP contribution in [-0.4, -0.2) is 71.3 Å². The first-order chi connectivity index (χ1) is 11.2. The van der Waals surface area contributed by atoms with Gasteiger partial charge in [0.25, 0.3) is 0 Å². The summed E-state index contributed by atoms with van der Waals surface area (Å²) in [7, 11) is 0. The van der Waals surface area contributed by atoms with E-state index in [0.29, 0.717) is 13.1 Å². The highest BCUT2D eigenvalue weighted by Crippen LogP contribution is 2.28. The van der Waals surface area contributed by atoms with Crippen LogP contribution in [0.3, 0.4) is 0 Å². The van der Waals surface area contributed by atoms with E-state index in [4.69, 9.17) is 0 Å². The molecular weight excluding hydrogens is 290 g/mol. The maximum absolute atomic E-state index is 12.7. The first-order valence-corrected chi connectivity index (χ1v) is 8.61. The third kappa shape index (κ3) is 2.63. The zero-order valence-electron chi connectivity index (χ0n) is 13.4. The van der Waals surface area contributed by atoms with Gasteiger partial charge in [-0.05, 0) is 24.8 Å². The predicted molar refractivity (Wildman–Crippen MR) is 86.8 cm³/mol. The van der Waals surface area contributed by atoms with Crippen molar-refractivity contribution in [3.8, 4) is 0 Å². The minimum atomic E-state index is -0.263. The number of fused-ring (bicyclic) bond motifs is 2. The zero-order chi connectivity index (χ0) is 15.8. The number of hydrogen-bond acceptors (Lipinski definition) is 3. The molecule has 3 aliphatic heterocycles. The van der Waals surface area contributed by atoms with Gasteiger partial charge >= 0.3 is 0 Å². The quantitative estimate of drug-likeness (QED) is 0.827. The molecule has 0 unspecified atom stereocenters. The van der Waals surface area contributed by atoms with Crippen molar-refractivity contribution in [1.82, 2.24) is 14.7 Å². The van der Waals surface area contributed by atoms with Crippen molar-refractivity contribution in [3.63, 3.8) is 0 Å². The van der Waals surface area contributed by atoms with Crippen molar-refractivity contribution < 1.29 is 9.59 Å². The Morgan fingerprint density at radius 2 is 1.65 bits per heavy atom. The van der Waals surface area contributed by atoms with E-state index >= 15 is 0 Å². The number of nitrogens with zero attached hydrogens (tertiary/aromatic N) is 3. The van der Waals surface area contributed by atoms with E-state index in [1.54, 1.807) is 0 Å². The number of hydrogen-bond donors (Lipinski definition) is 0. The summed E-state index contributed by atoms with van der Waals surface area (Å²) in [4.78, 5) is 31.3. The minimum absolute atomic E-state index is 0.163. The average molecular weight is 313 g/mol. The number of rotatable bonds is 3. The van der Waals surface area contributed by atoms with Crippen LogP contribution < -0.4 is 0 Å². The molecule has 0 bridgehead atoms.